The summed E-state index contributed by atoms with van der Waals surface area (Å²) in [4.78, 5) is 36.7. The molecule has 3 rings (SSSR count). The largest absolute Gasteiger partial charge is 0.465 e. The number of esters is 2. The Hall–Kier alpha value is -3.42. The first-order valence-corrected chi connectivity index (χ1v) is 8.87. The fraction of sp³-hybridized carbons (Fsp3) is 0.300. The van der Waals surface area contributed by atoms with Gasteiger partial charge in [-0.2, -0.15) is 0 Å². The van der Waals surface area contributed by atoms with Gasteiger partial charge in [0, 0.05) is 25.2 Å². The number of ether oxygens (including phenoxy) is 2. The van der Waals surface area contributed by atoms with Crippen molar-refractivity contribution in [3.63, 3.8) is 0 Å². The highest BCUT2D eigenvalue weighted by Crippen LogP contribution is 2.29. The zero-order chi connectivity index (χ0) is 20.1. The maximum Gasteiger partial charge on any atom is 0.340 e. The van der Waals surface area contributed by atoms with E-state index in [1.807, 2.05) is 4.90 Å². The predicted molar refractivity (Wildman–Crippen MR) is 101 cm³/mol. The number of methoxy groups -OCH3 is 1. The van der Waals surface area contributed by atoms with Crippen molar-refractivity contribution in [2.24, 2.45) is 0 Å². The van der Waals surface area contributed by atoms with Crippen LogP contribution in [0.1, 0.15) is 39.1 Å². The van der Waals surface area contributed by atoms with Gasteiger partial charge in [0.15, 0.2) is 0 Å². The molecule has 0 unspecified atom stereocenters. The van der Waals surface area contributed by atoms with Crippen LogP contribution in [-0.4, -0.2) is 37.1 Å². The van der Waals surface area contributed by atoms with E-state index in [2.05, 4.69) is 4.74 Å². The number of nitrogens with zero attached hydrogens (tertiary/aromatic N) is 2. The van der Waals surface area contributed by atoms with Gasteiger partial charge in [0.05, 0.1) is 28.8 Å². The van der Waals surface area contributed by atoms with E-state index in [1.54, 1.807) is 30.3 Å². The Bertz CT molecular complexity index is 888. The van der Waals surface area contributed by atoms with E-state index in [9.17, 15) is 19.7 Å². The Kier molecular flexibility index (Phi) is 5.88. The summed E-state index contributed by atoms with van der Waals surface area (Å²) < 4.78 is 10.0. The van der Waals surface area contributed by atoms with Crippen molar-refractivity contribution in [1.82, 2.24) is 0 Å². The maximum atomic E-state index is 12.6. The molecule has 1 aliphatic rings. The highest BCUT2D eigenvalue weighted by molar-refractivity contribution is 5.96. The number of carbonyl (C=O) groups excluding carboxylic acids is 2. The number of carbonyl (C=O) groups is 2. The molecule has 1 aliphatic heterocycles. The summed E-state index contributed by atoms with van der Waals surface area (Å²) in [6.07, 6.45) is 2.02. The van der Waals surface area contributed by atoms with Gasteiger partial charge in [0.2, 0.25) is 0 Å². The Morgan fingerprint density at radius 1 is 1.07 bits per heavy atom. The summed E-state index contributed by atoms with van der Waals surface area (Å²) in [6.45, 7) is 1.59. The molecule has 0 bridgehead atoms. The molecule has 0 N–H and O–H groups in total. The molecule has 0 radical (unpaired) electrons. The Labute approximate surface area is 161 Å². The second-order valence-corrected chi connectivity index (χ2v) is 6.42. The van der Waals surface area contributed by atoms with Gasteiger partial charge in [0.25, 0.3) is 5.69 Å². The van der Waals surface area contributed by atoms with Gasteiger partial charge in [-0.3, -0.25) is 10.1 Å². The van der Waals surface area contributed by atoms with Crippen LogP contribution in [0.25, 0.3) is 0 Å². The summed E-state index contributed by atoms with van der Waals surface area (Å²) in [6, 6.07) is 10.7. The van der Waals surface area contributed by atoms with Gasteiger partial charge in [-0.15, -0.1) is 0 Å². The Morgan fingerprint density at radius 2 is 1.75 bits per heavy atom. The number of benzene rings is 2. The van der Waals surface area contributed by atoms with Gasteiger partial charge in [-0.1, -0.05) is 12.1 Å². The van der Waals surface area contributed by atoms with E-state index in [1.165, 1.54) is 19.2 Å². The lowest BCUT2D eigenvalue weighted by Gasteiger charge is -2.20. The van der Waals surface area contributed by atoms with E-state index in [-0.39, 0.29) is 17.9 Å². The molecule has 28 heavy (non-hydrogen) atoms. The number of hydrogen-bond donors (Lipinski definition) is 0. The van der Waals surface area contributed by atoms with Crippen molar-refractivity contribution in [3.05, 3.63) is 69.3 Å². The van der Waals surface area contributed by atoms with Gasteiger partial charge < -0.3 is 14.4 Å². The van der Waals surface area contributed by atoms with Gasteiger partial charge in [-0.05, 0) is 36.6 Å². The predicted octanol–water partition coefficient (Wildman–Crippen LogP) is 3.34. The molecular formula is C20H20N2O6. The van der Waals surface area contributed by atoms with Crippen LogP contribution in [0.5, 0.6) is 0 Å². The van der Waals surface area contributed by atoms with Crippen LogP contribution < -0.4 is 4.90 Å². The van der Waals surface area contributed by atoms with Gasteiger partial charge in [0.1, 0.15) is 6.61 Å². The highest BCUT2D eigenvalue weighted by atomic mass is 16.6. The summed E-state index contributed by atoms with van der Waals surface area (Å²) in [5, 5.41) is 11.1. The summed E-state index contributed by atoms with van der Waals surface area (Å²) >= 11 is 0. The molecule has 2 aromatic rings. The Morgan fingerprint density at radius 3 is 2.36 bits per heavy atom. The zero-order valence-electron chi connectivity index (χ0n) is 15.4. The molecule has 0 spiro atoms. The lowest BCUT2D eigenvalue weighted by atomic mass is 10.1. The highest BCUT2D eigenvalue weighted by Gasteiger charge is 2.23. The standard InChI is InChI=1S/C20H20N2O6/c1-27-19(23)15-6-4-14(5-7-15)13-28-20(24)17-12-16(22(25)26)8-9-18(17)21-10-2-3-11-21/h4-9,12H,2-3,10-11,13H2,1H3. The van der Waals surface area contributed by atoms with E-state index in [0.29, 0.717) is 16.8 Å². The quantitative estimate of drug-likeness (QED) is 0.428. The second kappa shape index (κ2) is 8.51. The molecule has 8 heteroatoms. The first-order valence-electron chi connectivity index (χ1n) is 8.87. The van der Waals surface area contributed by atoms with E-state index >= 15 is 0 Å². The zero-order valence-corrected chi connectivity index (χ0v) is 15.4. The van der Waals surface area contributed by atoms with E-state index in [0.717, 1.165) is 25.9 Å². The minimum absolute atomic E-state index is 0.0115. The molecular weight excluding hydrogens is 364 g/mol. The minimum Gasteiger partial charge on any atom is -0.465 e. The minimum atomic E-state index is -0.623. The van der Waals surface area contributed by atoms with Gasteiger partial charge in [-0.25, -0.2) is 9.59 Å². The topological polar surface area (TPSA) is 99.0 Å². The van der Waals surface area contributed by atoms with Crippen LogP contribution in [0.3, 0.4) is 0 Å². The molecule has 2 aromatic carbocycles. The van der Waals surface area contributed by atoms with Crippen molar-refractivity contribution < 1.29 is 24.0 Å². The molecule has 8 nitrogen and oxygen atoms in total. The molecule has 0 atom stereocenters. The van der Waals surface area contributed by atoms with E-state index in [4.69, 9.17) is 4.74 Å². The SMILES string of the molecule is COC(=O)c1ccc(COC(=O)c2cc([N+](=O)[O-])ccc2N2CCCC2)cc1. The third-order valence-electron chi connectivity index (χ3n) is 4.60. The average Bonchev–Trinajstić information content (AvgIpc) is 3.26. The third-order valence-corrected chi connectivity index (χ3v) is 4.60. The van der Waals surface area contributed by atoms with Crippen molar-refractivity contribution in [3.8, 4) is 0 Å². The maximum absolute atomic E-state index is 12.6. The summed E-state index contributed by atoms with van der Waals surface area (Å²) in [7, 11) is 1.30. The van der Waals surface area contributed by atoms with Crippen LogP contribution in [0.15, 0.2) is 42.5 Å². The molecule has 0 aliphatic carbocycles. The van der Waals surface area contributed by atoms with Crippen LogP contribution in [-0.2, 0) is 16.1 Å². The molecule has 1 fully saturated rings. The van der Waals surface area contributed by atoms with Crippen molar-refractivity contribution >= 4 is 23.3 Å². The number of nitro benzene ring substituents is 1. The van der Waals surface area contributed by atoms with Crippen LogP contribution >= 0.6 is 0 Å². The molecule has 146 valence electrons. The average molecular weight is 384 g/mol. The monoisotopic (exact) mass is 384 g/mol. The van der Waals surface area contributed by atoms with Crippen LogP contribution in [0.4, 0.5) is 11.4 Å². The summed E-state index contributed by atoms with van der Waals surface area (Å²) in [5.74, 6) is -1.07. The molecule has 1 heterocycles. The second-order valence-electron chi connectivity index (χ2n) is 6.42. The summed E-state index contributed by atoms with van der Waals surface area (Å²) in [5.41, 5.74) is 1.76. The van der Waals surface area contributed by atoms with Crippen LogP contribution in [0, 0.1) is 10.1 Å². The number of non-ortho nitro benzene ring substituents is 1. The van der Waals surface area contributed by atoms with E-state index < -0.39 is 16.9 Å². The van der Waals surface area contributed by atoms with Crippen LogP contribution in [0.2, 0.25) is 0 Å². The fourth-order valence-electron chi connectivity index (χ4n) is 3.12. The van der Waals surface area contributed by atoms with Crippen molar-refractivity contribution in [2.75, 3.05) is 25.1 Å². The third kappa shape index (κ3) is 4.28. The molecule has 1 saturated heterocycles. The van der Waals surface area contributed by atoms with Crippen molar-refractivity contribution in [2.45, 2.75) is 19.4 Å². The molecule has 0 saturated carbocycles. The lowest BCUT2D eigenvalue weighted by molar-refractivity contribution is -0.384. The Balaban J connectivity index is 1.76. The molecule has 0 amide bonds. The van der Waals surface area contributed by atoms with Gasteiger partial charge >= 0.3 is 11.9 Å². The number of nitro groups is 1. The first-order chi connectivity index (χ1) is 13.5. The number of rotatable bonds is 6. The smallest absolute Gasteiger partial charge is 0.340 e. The normalized spacial score (nSPS) is 13.2. The lowest BCUT2D eigenvalue weighted by Crippen LogP contribution is -2.21. The van der Waals surface area contributed by atoms with Crippen molar-refractivity contribution in [1.29, 1.82) is 0 Å². The fourth-order valence-corrected chi connectivity index (χ4v) is 3.12. The first kappa shape index (κ1) is 19.3. The number of anilines is 1. The molecule has 0 aromatic heterocycles. The number of hydrogen-bond acceptors (Lipinski definition) is 7.